The number of halogens is 3. The number of aliphatic hydroxyl groups excluding tert-OH is 1. The van der Waals surface area contributed by atoms with Crippen LogP contribution in [0.15, 0.2) is 36.7 Å². The Kier molecular flexibility index (Phi) is 3.94. The average Bonchev–Trinajstić information content (AvgIpc) is 2.45. The van der Waals surface area contributed by atoms with Gasteiger partial charge in [0.2, 0.25) is 0 Å². The van der Waals surface area contributed by atoms with Crippen LogP contribution in [0.3, 0.4) is 0 Å². The SMILES string of the molecule is COc1cncc(-c2ccccc2C(F)(F)F)c1CO. The second-order valence-electron chi connectivity index (χ2n) is 4.07. The minimum Gasteiger partial charge on any atom is -0.495 e. The fraction of sp³-hybridized carbons (Fsp3) is 0.214. The zero-order chi connectivity index (χ0) is 14.8. The minimum absolute atomic E-state index is 0.0320. The Bertz CT molecular complexity index is 612. The summed E-state index contributed by atoms with van der Waals surface area (Å²) in [6.45, 7) is -0.437. The number of hydrogen-bond donors (Lipinski definition) is 1. The largest absolute Gasteiger partial charge is 0.495 e. The summed E-state index contributed by atoms with van der Waals surface area (Å²) in [6.07, 6.45) is -1.84. The van der Waals surface area contributed by atoms with E-state index in [0.717, 1.165) is 6.07 Å². The van der Waals surface area contributed by atoms with E-state index in [0.29, 0.717) is 0 Å². The normalized spacial score (nSPS) is 11.4. The molecule has 0 fully saturated rings. The van der Waals surface area contributed by atoms with Gasteiger partial charge in [-0.1, -0.05) is 18.2 Å². The first kappa shape index (κ1) is 14.3. The third-order valence-electron chi connectivity index (χ3n) is 2.92. The molecule has 0 saturated heterocycles. The zero-order valence-corrected chi connectivity index (χ0v) is 10.6. The van der Waals surface area contributed by atoms with Crippen molar-refractivity contribution in [3.63, 3.8) is 0 Å². The molecule has 0 bridgehead atoms. The molecular weight excluding hydrogens is 271 g/mol. The lowest BCUT2D eigenvalue weighted by Gasteiger charge is -2.16. The Labute approximate surface area is 113 Å². The van der Waals surface area contributed by atoms with Crippen LogP contribution in [0, 0.1) is 0 Å². The molecule has 20 heavy (non-hydrogen) atoms. The summed E-state index contributed by atoms with van der Waals surface area (Å²) in [5, 5.41) is 9.40. The second kappa shape index (κ2) is 5.50. The number of rotatable bonds is 3. The van der Waals surface area contributed by atoms with Crippen LogP contribution in [-0.2, 0) is 12.8 Å². The number of alkyl halides is 3. The van der Waals surface area contributed by atoms with Gasteiger partial charge in [0, 0.05) is 17.3 Å². The molecular formula is C14H12F3NO2. The maximum atomic E-state index is 13.0. The van der Waals surface area contributed by atoms with Gasteiger partial charge in [0.15, 0.2) is 0 Å². The van der Waals surface area contributed by atoms with E-state index in [4.69, 9.17) is 4.74 Å². The number of benzene rings is 1. The van der Waals surface area contributed by atoms with Gasteiger partial charge in [0.1, 0.15) is 5.75 Å². The maximum absolute atomic E-state index is 13.0. The molecule has 2 rings (SSSR count). The fourth-order valence-electron chi connectivity index (χ4n) is 2.00. The molecule has 106 valence electrons. The molecule has 0 aliphatic carbocycles. The Morgan fingerprint density at radius 1 is 1.15 bits per heavy atom. The highest BCUT2D eigenvalue weighted by molar-refractivity contribution is 5.72. The van der Waals surface area contributed by atoms with Crippen molar-refractivity contribution >= 4 is 0 Å². The van der Waals surface area contributed by atoms with Crippen molar-refractivity contribution in [3.05, 3.63) is 47.8 Å². The molecule has 2 aromatic rings. The molecule has 0 amide bonds. The summed E-state index contributed by atoms with van der Waals surface area (Å²) in [4.78, 5) is 3.86. The maximum Gasteiger partial charge on any atom is 0.417 e. The predicted molar refractivity (Wildman–Crippen MR) is 67.1 cm³/mol. The van der Waals surface area contributed by atoms with Crippen LogP contribution < -0.4 is 4.74 Å². The monoisotopic (exact) mass is 283 g/mol. The lowest BCUT2D eigenvalue weighted by Crippen LogP contribution is -2.08. The highest BCUT2D eigenvalue weighted by Crippen LogP contribution is 2.39. The molecule has 1 heterocycles. The number of nitrogens with zero attached hydrogens (tertiary/aromatic N) is 1. The third kappa shape index (κ3) is 2.60. The molecule has 1 N–H and O–H groups in total. The molecule has 0 aliphatic rings. The summed E-state index contributed by atoms with van der Waals surface area (Å²) < 4.78 is 44.1. The smallest absolute Gasteiger partial charge is 0.417 e. The van der Waals surface area contributed by atoms with E-state index in [2.05, 4.69) is 4.98 Å². The molecule has 0 saturated carbocycles. The first-order valence-electron chi connectivity index (χ1n) is 5.77. The van der Waals surface area contributed by atoms with E-state index in [1.807, 2.05) is 0 Å². The predicted octanol–water partition coefficient (Wildman–Crippen LogP) is 3.27. The molecule has 0 spiro atoms. The molecule has 6 heteroatoms. The Hall–Kier alpha value is -2.08. The summed E-state index contributed by atoms with van der Waals surface area (Å²) >= 11 is 0. The summed E-state index contributed by atoms with van der Waals surface area (Å²) in [7, 11) is 1.37. The van der Waals surface area contributed by atoms with E-state index >= 15 is 0 Å². The molecule has 1 aromatic carbocycles. The van der Waals surface area contributed by atoms with Crippen LogP contribution in [0.4, 0.5) is 13.2 Å². The second-order valence-corrected chi connectivity index (χ2v) is 4.07. The molecule has 0 aliphatic heterocycles. The van der Waals surface area contributed by atoms with Gasteiger partial charge in [-0.05, 0) is 11.6 Å². The highest BCUT2D eigenvalue weighted by Gasteiger charge is 2.34. The van der Waals surface area contributed by atoms with Crippen LogP contribution in [0.1, 0.15) is 11.1 Å². The van der Waals surface area contributed by atoms with Crippen LogP contribution >= 0.6 is 0 Å². The minimum atomic E-state index is -4.48. The Morgan fingerprint density at radius 2 is 1.85 bits per heavy atom. The fourth-order valence-corrected chi connectivity index (χ4v) is 2.00. The van der Waals surface area contributed by atoms with Crippen LogP contribution in [-0.4, -0.2) is 17.2 Å². The highest BCUT2D eigenvalue weighted by atomic mass is 19.4. The van der Waals surface area contributed by atoms with Crippen LogP contribution in [0.5, 0.6) is 5.75 Å². The van der Waals surface area contributed by atoms with E-state index in [1.54, 1.807) is 0 Å². The molecule has 3 nitrogen and oxygen atoms in total. The first-order valence-corrected chi connectivity index (χ1v) is 5.77. The molecule has 1 aromatic heterocycles. The van der Waals surface area contributed by atoms with E-state index < -0.39 is 18.3 Å². The number of hydrogen-bond acceptors (Lipinski definition) is 3. The van der Waals surface area contributed by atoms with Gasteiger partial charge in [0.25, 0.3) is 0 Å². The van der Waals surface area contributed by atoms with E-state index in [9.17, 15) is 18.3 Å². The van der Waals surface area contributed by atoms with Crippen molar-refractivity contribution < 1.29 is 23.0 Å². The zero-order valence-electron chi connectivity index (χ0n) is 10.6. The Balaban J connectivity index is 2.70. The van der Waals surface area contributed by atoms with Gasteiger partial charge in [0.05, 0.1) is 25.5 Å². The molecule has 0 radical (unpaired) electrons. The lowest BCUT2D eigenvalue weighted by atomic mass is 9.96. The van der Waals surface area contributed by atoms with Gasteiger partial charge >= 0.3 is 6.18 Å². The third-order valence-corrected chi connectivity index (χ3v) is 2.92. The first-order chi connectivity index (χ1) is 9.49. The van der Waals surface area contributed by atoms with Crippen molar-refractivity contribution in [1.82, 2.24) is 4.98 Å². The summed E-state index contributed by atoms with van der Waals surface area (Å²) in [5.74, 6) is 0.252. The van der Waals surface area contributed by atoms with Gasteiger partial charge in [-0.15, -0.1) is 0 Å². The average molecular weight is 283 g/mol. The number of aromatic nitrogens is 1. The van der Waals surface area contributed by atoms with Crippen molar-refractivity contribution in [2.24, 2.45) is 0 Å². The van der Waals surface area contributed by atoms with Gasteiger partial charge in [-0.25, -0.2) is 0 Å². The summed E-state index contributed by atoms with van der Waals surface area (Å²) in [5.41, 5.74) is -0.320. The van der Waals surface area contributed by atoms with E-state index in [-0.39, 0.29) is 22.4 Å². The topological polar surface area (TPSA) is 42.4 Å². The number of pyridine rings is 1. The van der Waals surface area contributed by atoms with Gasteiger partial charge in [-0.3, -0.25) is 4.98 Å². The number of aliphatic hydroxyl groups is 1. The van der Waals surface area contributed by atoms with Crippen molar-refractivity contribution in [2.75, 3.05) is 7.11 Å². The van der Waals surface area contributed by atoms with E-state index in [1.165, 1.54) is 37.7 Å². The van der Waals surface area contributed by atoms with Gasteiger partial charge in [-0.2, -0.15) is 13.2 Å². The molecule has 0 unspecified atom stereocenters. The van der Waals surface area contributed by atoms with Crippen molar-refractivity contribution in [3.8, 4) is 16.9 Å². The Morgan fingerprint density at radius 3 is 2.45 bits per heavy atom. The quantitative estimate of drug-likeness (QED) is 0.940. The summed E-state index contributed by atoms with van der Waals surface area (Å²) in [6, 6.07) is 5.16. The van der Waals surface area contributed by atoms with Crippen LogP contribution in [0.2, 0.25) is 0 Å². The van der Waals surface area contributed by atoms with Crippen LogP contribution in [0.25, 0.3) is 11.1 Å². The standard InChI is InChI=1S/C14H12F3NO2/c1-20-13-7-18-6-10(11(13)8-19)9-4-2-3-5-12(9)14(15,16)17/h2-7,19H,8H2,1H3. The van der Waals surface area contributed by atoms with Crippen molar-refractivity contribution in [2.45, 2.75) is 12.8 Å². The lowest BCUT2D eigenvalue weighted by molar-refractivity contribution is -0.137. The molecule has 0 atom stereocenters. The number of ether oxygens (including phenoxy) is 1. The number of methoxy groups -OCH3 is 1. The van der Waals surface area contributed by atoms with Crippen molar-refractivity contribution in [1.29, 1.82) is 0 Å². The van der Waals surface area contributed by atoms with Gasteiger partial charge < -0.3 is 9.84 Å².